The molecule has 0 unspecified atom stereocenters. The molecule has 1 aliphatic rings. The van der Waals surface area contributed by atoms with E-state index in [0.29, 0.717) is 17.1 Å². The highest BCUT2D eigenvalue weighted by Gasteiger charge is 2.18. The van der Waals surface area contributed by atoms with E-state index in [4.69, 9.17) is 14.6 Å². The van der Waals surface area contributed by atoms with Gasteiger partial charge in [-0.15, -0.1) is 0 Å². The Morgan fingerprint density at radius 1 is 1.00 bits per heavy atom. The van der Waals surface area contributed by atoms with Crippen molar-refractivity contribution in [2.75, 3.05) is 6.79 Å². The van der Waals surface area contributed by atoms with Crippen molar-refractivity contribution in [3.05, 3.63) is 53.1 Å². The minimum absolute atomic E-state index is 0.0718. The molecule has 0 spiro atoms. The molecule has 0 aliphatic carbocycles. The summed E-state index contributed by atoms with van der Waals surface area (Å²) in [6.45, 7) is 1.71. The summed E-state index contributed by atoms with van der Waals surface area (Å²) < 4.78 is 33.2. The fraction of sp³-hybridized carbons (Fsp3) is 0.125. The third-order valence-electron chi connectivity index (χ3n) is 3.71. The number of hydrogen-bond acceptors (Lipinski definition) is 6. The Bertz CT molecular complexity index is 1000. The lowest BCUT2D eigenvalue weighted by Gasteiger charge is -2.10. The Balaban J connectivity index is 1.72. The molecule has 0 aromatic heterocycles. The van der Waals surface area contributed by atoms with Crippen molar-refractivity contribution in [2.24, 2.45) is 5.14 Å². The summed E-state index contributed by atoms with van der Waals surface area (Å²) in [4.78, 5) is 24.2. The van der Waals surface area contributed by atoms with Gasteiger partial charge < -0.3 is 9.47 Å². The maximum Gasteiger partial charge on any atom is 0.270 e. The van der Waals surface area contributed by atoms with Gasteiger partial charge in [0.2, 0.25) is 16.8 Å². The fourth-order valence-electron chi connectivity index (χ4n) is 2.31. The lowest BCUT2D eigenvalue weighted by atomic mass is 10.1. The van der Waals surface area contributed by atoms with E-state index in [2.05, 4.69) is 10.9 Å². The molecule has 2 amide bonds. The minimum Gasteiger partial charge on any atom is -0.454 e. The zero-order valence-corrected chi connectivity index (χ0v) is 14.4. The van der Waals surface area contributed by atoms with E-state index in [1.54, 1.807) is 13.0 Å². The molecule has 26 heavy (non-hydrogen) atoms. The molecule has 2 aromatic rings. The summed E-state index contributed by atoms with van der Waals surface area (Å²) in [6, 6.07) is 8.48. The second kappa shape index (κ2) is 6.65. The van der Waals surface area contributed by atoms with Crippen molar-refractivity contribution in [1.29, 1.82) is 0 Å². The highest BCUT2D eigenvalue weighted by molar-refractivity contribution is 7.89. The highest BCUT2D eigenvalue weighted by Crippen LogP contribution is 2.32. The number of primary sulfonamides is 1. The molecule has 136 valence electrons. The van der Waals surface area contributed by atoms with Gasteiger partial charge in [-0.2, -0.15) is 0 Å². The van der Waals surface area contributed by atoms with Gasteiger partial charge in [0.25, 0.3) is 11.8 Å². The molecule has 0 atom stereocenters. The third kappa shape index (κ3) is 3.60. The van der Waals surface area contributed by atoms with Crippen LogP contribution >= 0.6 is 0 Å². The van der Waals surface area contributed by atoms with E-state index in [0.717, 1.165) is 6.07 Å². The number of ether oxygens (including phenoxy) is 2. The Morgan fingerprint density at radius 3 is 2.42 bits per heavy atom. The van der Waals surface area contributed by atoms with Crippen molar-refractivity contribution in [2.45, 2.75) is 11.8 Å². The number of amides is 2. The second-order valence-electron chi connectivity index (χ2n) is 5.50. The molecule has 4 N–H and O–H groups in total. The molecular weight excluding hydrogens is 362 g/mol. The van der Waals surface area contributed by atoms with Crippen LogP contribution in [0.15, 0.2) is 41.3 Å². The lowest BCUT2D eigenvalue weighted by Crippen LogP contribution is -2.41. The van der Waals surface area contributed by atoms with E-state index in [9.17, 15) is 18.0 Å². The summed E-state index contributed by atoms with van der Waals surface area (Å²) in [5.41, 5.74) is 5.34. The number of nitrogens with two attached hydrogens (primary N) is 1. The molecule has 0 radical (unpaired) electrons. The predicted octanol–water partition coefficient (Wildman–Crippen LogP) is 0.446. The highest BCUT2D eigenvalue weighted by atomic mass is 32.2. The van der Waals surface area contributed by atoms with Crippen LogP contribution in [0.3, 0.4) is 0 Å². The van der Waals surface area contributed by atoms with Gasteiger partial charge in [0.05, 0.1) is 4.90 Å². The number of fused-ring (bicyclic) bond motifs is 1. The van der Waals surface area contributed by atoms with Crippen molar-refractivity contribution in [1.82, 2.24) is 10.9 Å². The van der Waals surface area contributed by atoms with Crippen LogP contribution in [0.1, 0.15) is 26.3 Å². The number of hydrazine groups is 1. The van der Waals surface area contributed by atoms with Crippen molar-refractivity contribution in [3.8, 4) is 11.5 Å². The molecular formula is C16H15N3O6S. The van der Waals surface area contributed by atoms with E-state index < -0.39 is 21.8 Å². The number of aryl methyl sites for hydroxylation is 1. The van der Waals surface area contributed by atoms with E-state index in [1.165, 1.54) is 24.3 Å². The van der Waals surface area contributed by atoms with Gasteiger partial charge in [-0.05, 0) is 42.8 Å². The van der Waals surface area contributed by atoms with Gasteiger partial charge in [-0.3, -0.25) is 20.4 Å². The molecule has 9 nitrogen and oxygen atoms in total. The molecule has 0 saturated carbocycles. The smallest absolute Gasteiger partial charge is 0.270 e. The largest absolute Gasteiger partial charge is 0.454 e. The quantitative estimate of drug-likeness (QED) is 0.664. The first-order valence-corrected chi connectivity index (χ1v) is 8.94. The average Bonchev–Trinajstić information content (AvgIpc) is 3.06. The Kier molecular flexibility index (Phi) is 4.53. The zero-order valence-electron chi connectivity index (χ0n) is 13.6. The summed E-state index contributed by atoms with van der Waals surface area (Å²) in [5.74, 6) is -0.291. The summed E-state index contributed by atoms with van der Waals surface area (Å²) >= 11 is 0. The average molecular weight is 377 g/mol. The molecule has 0 saturated heterocycles. The van der Waals surface area contributed by atoms with E-state index in [-0.39, 0.29) is 22.8 Å². The first-order chi connectivity index (χ1) is 12.3. The normalized spacial score (nSPS) is 12.5. The van der Waals surface area contributed by atoms with Gasteiger partial charge in [-0.1, -0.05) is 6.07 Å². The minimum atomic E-state index is -3.95. The monoisotopic (exact) mass is 377 g/mol. The zero-order chi connectivity index (χ0) is 18.9. The van der Waals surface area contributed by atoms with E-state index >= 15 is 0 Å². The van der Waals surface area contributed by atoms with Crippen LogP contribution in [0.2, 0.25) is 0 Å². The molecule has 1 aliphatic heterocycles. The Hall–Kier alpha value is -3.11. The summed E-state index contributed by atoms with van der Waals surface area (Å²) in [7, 11) is -3.95. The fourth-order valence-corrected chi connectivity index (χ4v) is 2.85. The molecule has 10 heteroatoms. The van der Waals surface area contributed by atoms with Gasteiger partial charge in [0, 0.05) is 11.1 Å². The number of benzene rings is 2. The number of carbonyl (C=O) groups is 2. The van der Waals surface area contributed by atoms with Crippen LogP contribution in [-0.2, 0) is 10.0 Å². The molecule has 2 aromatic carbocycles. The van der Waals surface area contributed by atoms with Crippen LogP contribution in [-0.4, -0.2) is 27.0 Å². The van der Waals surface area contributed by atoms with Crippen LogP contribution in [0.5, 0.6) is 11.5 Å². The summed E-state index contributed by atoms with van der Waals surface area (Å²) in [5, 5.41) is 5.07. The maximum atomic E-state index is 12.3. The Labute approximate surface area is 149 Å². The SMILES string of the molecule is Cc1ccc(S(N)(=O)=O)cc1C(=O)NNC(=O)c1ccc2c(c1)OCO2. The van der Waals surface area contributed by atoms with Gasteiger partial charge in [0.1, 0.15) is 0 Å². The Morgan fingerprint density at radius 2 is 1.69 bits per heavy atom. The van der Waals surface area contributed by atoms with Gasteiger partial charge in [0.15, 0.2) is 11.5 Å². The number of sulfonamides is 1. The van der Waals surface area contributed by atoms with E-state index in [1.807, 2.05) is 0 Å². The van der Waals surface area contributed by atoms with Crippen LogP contribution in [0, 0.1) is 6.92 Å². The van der Waals surface area contributed by atoms with Crippen LogP contribution in [0.25, 0.3) is 0 Å². The lowest BCUT2D eigenvalue weighted by molar-refractivity contribution is 0.0846. The molecule has 3 rings (SSSR count). The van der Waals surface area contributed by atoms with Gasteiger partial charge in [-0.25, -0.2) is 13.6 Å². The first-order valence-electron chi connectivity index (χ1n) is 7.39. The van der Waals surface area contributed by atoms with Crippen molar-refractivity contribution < 1.29 is 27.5 Å². The standard InChI is InChI=1S/C16H15N3O6S/c1-9-2-4-11(26(17,22)23)7-12(9)16(21)19-18-15(20)10-3-5-13-14(6-10)25-8-24-13/h2-7H,8H2,1H3,(H,18,20)(H,19,21)(H2,17,22,23). The number of nitrogens with one attached hydrogen (secondary N) is 2. The predicted molar refractivity (Wildman–Crippen MR) is 90.0 cm³/mol. The molecule has 0 bridgehead atoms. The third-order valence-corrected chi connectivity index (χ3v) is 4.62. The van der Waals surface area contributed by atoms with Gasteiger partial charge >= 0.3 is 0 Å². The number of hydrogen-bond donors (Lipinski definition) is 3. The molecule has 1 heterocycles. The van der Waals surface area contributed by atoms with Crippen LogP contribution < -0.4 is 25.5 Å². The first kappa shape index (κ1) is 17.7. The number of rotatable bonds is 3. The number of carbonyl (C=O) groups excluding carboxylic acids is 2. The summed E-state index contributed by atoms with van der Waals surface area (Å²) in [6.07, 6.45) is 0. The topological polar surface area (TPSA) is 137 Å². The van der Waals surface area contributed by atoms with Crippen molar-refractivity contribution in [3.63, 3.8) is 0 Å². The van der Waals surface area contributed by atoms with Crippen LogP contribution in [0.4, 0.5) is 0 Å². The molecule has 0 fully saturated rings. The second-order valence-corrected chi connectivity index (χ2v) is 7.06. The maximum absolute atomic E-state index is 12.3. The van der Waals surface area contributed by atoms with Crippen molar-refractivity contribution >= 4 is 21.8 Å².